The maximum Gasteiger partial charge on any atom is 0.234 e. The van der Waals surface area contributed by atoms with Crippen molar-refractivity contribution in [2.24, 2.45) is 17.8 Å². The quantitative estimate of drug-likeness (QED) is 0.869. The second-order valence-corrected chi connectivity index (χ2v) is 9.00. The Labute approximate surface area is 139 Å². The summed E-state index contributed by atoms with van der Waals surface area (Å²) in [6.07, 6.45) is 7.86. The maximum absolute atomic E-state index is 13.6. The lowest BCUT2D eigenvalue weighted by atomic mass is 9.56. The summed E-state index contributed by atoms with van der Waals surface area (Å²) in [5, 5.41) is 2.57. The van der Waals surface area contributed by atoms with Gasteiger partial charge in [0.25, 0.3) is 0 Å². The number of nitrogens with one attached hydrogen (secondary N) is 1. The fourth-order valence-corrected chi connectivity index (χ4v) is 6.77. The van der Waals surface area contributed by atoms with Gasteiger partial charge in [0.05, 0.1) is 11.4 Å². The Morgan fingerprint density at radius 2 is 1.74 bits per heavy atom. The third kappa shape index (κ3) is 3.12. The molecule has 5 rings (SSSR count). The Morgan fingerprint density at radius 3 is 2.30 bits per heavy atom. The first-order valence-electron chi connectivity index (χ1n) is 8.40. The van der Waals surface area contributed by atoms with E-state index in [1.807, 2.05) is 0 Å². The molecule has 23 heavy (non-hydrogen) atoms. The van der Waals surface area contributed by atoms with Crippen molar-refractivity contribution < 1.29 is 13.6 Å². The summed E-state index contributed by atoms with van der Waals surface area (Å²) in [4.78, 5) is 12.2. The van der Waals surface area contributed by atoms with Crippen LogP contribution in [0.4, 0.5) is 14.5 Å². The Balaban J connectivity index is 1.36. The van der Waals surface area contributed by atoms with Gasteiger partial charge >= 0.3 is 0 Å². The highest BCUT2D eigenvalue weighted by atomic mass is 32.2. The number of halogens is 2. The summed E-state index contributed by atoms with van der Waals surface area (Å²) >= 11 is 1.76. The molecule has 0 heterocycles. The molecule has 4 aliphatic rings. The maximum atomic E-state index is 13.6. The largest absolute Gasteiger partial charge is 0.323 e. The number of rotatable bonds is 4. The average Bonchev–Trinajstić information content (AvgIpc) is 2.47. The van der Waals surface area contributed by atoms with Crippen LogP contribution in [0.3, 0.4) is 0 Å². The normalized spacial score (nSPS) is 34.6. The predicted molar refractivity (Wildman–Crippen MR) is 88.3 cm³/mol. The molecule has 1 aromatic rings. The fourth-order valence-electron chi connectivity index (χ4n) is 5.20. The van der Waals surface area contributed by atoms with Gasteiger partial charge in [0, 0.05) is 10.8 Å². The van der Waals surface area contributed by atoms with Gasteiger partial charge in [0.15, 0.2) is 0 Å². The summed E-state index contributed by atoms with van der Waals surface area (Å²) in [5.41, 5.74) is 0.0579. The summed E-state index contributed by atoms with van der Waals surface area (Å²) < 4.78 is 26.8. The lowest BCUT2D eigenvalue weighted by Gasteiger charge is -2.56. The molecule has 0 unspecified atom stereocenters. The third-order valence-corrected chi connectivity index (χ3v) is 7.22. The van der Waals surface area contributed by atoms with E-state index in [-0.39, 0.29) is 16.3 Å². The van der Waals surface area contributed by atoms with Crippen molar-refractivity contribution in [1.29, 1.82) is 0 Å². The lowest BCUT2D eigenvalue weighted by Crippen LogP contribution is -2.49. The summed E-state index contributed by atoms with van der Waals surface area (Å²) in [6, 6.07) is 3.23. The molecule has 2 nitrogen and oxygen atoms in total. The van der Waals surface area contributed by atoms with Gasteiger partial charge in [-0.15, -0.1) is 11.8 Å². The van der Waals surface area contributed by atoms with Crippen molar-refractivity contribution in [3.05, 3.63) is 29.8 Å². The van der Waals surface area contributed by atoms with Crippen LogP contribution in [0.1, 0.15) is 38.5 Å². The SMILES string of the molecule is O=C(CSC12CC3CC(CC(C3)C1)C2)Nc1ccc(F)cc1F. The molecule has 0 spiro atoms. The van der Waals surface area contributed by atoms with Gasteiger partial charge in [-0.2, -0.15) is 0 Å². The van der Waals surface area contributed by atoms with Crippen LogP contribution in [0.15, 0.2) is 18.2 Å². The Bertz CT molecular complexity index is 598. The van der Waals surface area contributed by atoms with Crippen molar-refractivity contribution in [1.82, 2.24) is 0 Å². The van der Waals surface area contributed by atoms with Crippen LogP contribution >= 0.6 is 11.8 Å². The van der Waals surface area contributed by atoms with E-state index in [9.17, 15) is 13.6 Å². The summed E-state index contributed by atoms with van der Waals surface area (Å²) in [7, 11) is 0. The van der Waals surface area contributed by atoms with E-state index in [4.69, 9.17) is 0 Å². The smallest absolute Gasteiger partial charge is 0.234 e. The van der Waals surface area contributed by atoms with Crippen LogP contribution in [0.25, 0.3) is 0 Å². The van der Waals surface area contributed by atoms with E-state index < -0.39 is 11.6 Å². The Morgan fingerprint density at radius 1 is 1.13 bits per heavy atom. The summed E-state index contributed by atoms with van der Waals surface area (Å²) in [6.45, 7) is 0. The second-order valence-electron chi connectivity index (χ2n) is 7.56. The molecule has 4 saturated carbocycles. The molecule has 0 aliphatic heterocycles. The number of thioether (sulfide) groups is 1. The molecule has 124 valence electrons. The van der Waals surface area contributed by atoms with Crippen LogP contribution in [-0.4, -0.2) is 16.4 Å². The van der Waals surface area contributed by atoms with Gasteiger partial charge in [0.2, 0.25) is 5.91 Å². The van der Waals surface area contributed by atoms with Crippen molar-refractivity contribution in [2.75, 3.05) is 11.1 Å². The van der Waals surface area contributed by atoms with Gasteiger partial charge < -0.3 is 5.32 Å². The molecule has 1 N–H and O–H groups in total. The van der Waals surface area contributed by atoms with Gasteiger partial charge in [0.1, 0.15) is 11.6 Å². The third-order valence-electron chi connectivity index (χ3n) is 5.70. The minimum atomic E-state index is -0.724. The van der Waals surface area contributed by atoms with Gasteiger partial charge in [-0.25, -0.2) is 8.78 Å². The zero-order chi connectivity index (χ0) is 16.0. The molecular weight excluding hydrogens is 316 g/mol. The minimum Gasteiger partial charge on any atom is -0.323 e. The Hall–Kier alpha value is -1.10. The van der Waals surface area contributed by atoms with Crippen molar-refractivity contribution in [3.63, 3.8) is 0 Å². The number of carbonyl (C=O) groups is 1. The zero-order valence-electron chi connectivity index (χ0n) is 13.0. The summed E-state index contributed by atoms with van der Waals surface area (Å²) in [5.74, 6) is 1.35. The average molecular weight is 337 g/mol. The predicted octanol–water partition coefficient (Wildman–Crippen LogP) is 4.61. The first kappa shape index (κ1) is 15.4. The second kappa shape index (κ2) is 5.76. The van der Waals surface area contributed by atoms with Crippen molar-refractivity contribution in [2.45, 2.75) is 43.3 Å². The molecule has 5 heteroatoms. The fraction of sp³-hybridized carbons (Fsp3) is 0.611. The van der Waals surface area contributed by atoms with E-state index in [2.05, 4.69) is 5.32 Å². The molecule has 4 aliphatic carbocycles. The zero-order valence-corrected chi connectivity index (χ0v) is 13.8. The monoisotopic (exact) mass is 337 g/mol. The van der Waals surface area contributed by atoms with Crippen molar-refractivity contribution >= 4 is 23.4 Å². The number of hydrogen-bond acceptors (Lipinski definition) is 2. The molecular formula is C18H21F2NOS. The molecule has 0 aromatic heterocycles. The topological polar surface area (TPSA) is 29.1 Å². The molecule has 0 radical (unpaired) electrons. The number of amides is 1. The van der Waals surface area contributed by atoms with Crippen LogP contribution in [0.2, 0.25) is 0 Å². The van der Waals surface area contributed by atoms with E-state index >= 15 is 0 Å². The molecule has 1 amide bonds. The number of anilines is 1. The van der Waals surface area contributed by atoms with Gasteiger partial charge in [-0.05, 0) is 68.4 Å². The van der Waals surface area contributed by atoms with Gasteiger partial charge in [-0.3, -0.25) is 4.79 Å². The van der Waals surface area contributed by atoms with Crippen molar-refractivity contribution in [3.8, 4) is 0 Å². The minimum absolute atomic E-state index is 0.0579. The molecule has 4 fully saturated rings. The molecule has 1 aromatic carbocycles. The van der Waals surface area contributed by atoms with E-state index in [0.29, 0.717) is 5.75 Å². The van der Waals surface area contributed by atoms with E-state index in [0.717, 1.165) is 29.9 Å². The van der Waals surface area contributed by atoms with Crippen LogP contribution in [0, 0.1) is 29.4 Å². The van der Waals surface area contributed by atoms with Gasteiger partial charge in [-0.1, -0.05) is 0 Å². The van der Waals surface area contributed by atoms with Crippen LogP contribution in [-0.2, 0) is 4.79 Å². The lowest BCUT2D eigenvalue weighted by molar-refractivity contribution is -0.113. The number of carbonyl (C=O) groups excluding carboxylic acids is 1. The highest BCUT2D eigenvalue weighted by molar-refractivity contribution is 8.01. The number of benzene rings is 1. The first-order chi connectivity index (χ1) is 11.0. The molecule has 4 bridgehead atoms. The standard InChI is InChI=1S/C18H21F2NOS/c19-14-1-2-16(15(20)6-14)21-17(22)10-23-18-7-11-3-12(8-18)5-13(4-11)9-18/h1-2,6,11-13H,3-5,7-10H2,(H,21,22). The highest BCUT2D eigenvalue weighted by Gasteiger charge is 2.51. The highest BCUT2D eigenvalue weighted by Crippen LogP contribution is 2.60. The van der Waals surface area contributed by atoms with Crippen LogP contribution < -0.4 is 5.32 Å². The van der Waals surface area contributed by atoms with Crippen LogP contribution in [0.5, 0.6) is 0 Å². The molecule has 0 saturated heterocycles. The molecule has 0 atom stereocenters. The first-order valence-corrected chi connectivity index (χ1v) is 9.39. The number of hydrogen-bond donors (Lipinski definition) is 1. The van der Waals surface area contributed by atoms with E-state index in [1.54, 1.807) is 11.8 Å². The Kier molecular flexibility index (Phi) is 3.87. The van der Waals surface area contributed by atoms with E-state index in [1.165, 1.54) is 44.6 Å².